The number of rotatable bonds is 7. The standard InChI is InChI=1S/C23H21B4N3O2/c24-22(25)14-17-6-1-2-9-18(17)23(26,27)30(22)13-5-12-28-20(31)15-32-19-10-3-7-16-8-4-11-29-21(16)19/h1-4,6-11H,5,12-15H2,(H,28,31). The summed E-state index contributed by atoms with van der Waals surface area (Å²) in [4.78, 5) is 18.3. The van der Waals surface area contributed by atoms with Gasteiger partial charge in [-0.15, -0.1) is 0 Å². The Morgan fingerprint density at radius 3 is 2.69 bits per heavy atom. The number of hydrogen-bond donors (Lipinski definition) is 1. The van der Waals surface area contributed by atoms with Crippen LogP contribution in [-0.2, 0) is 16.6 Å². The Hall–Kier alpha value is -2.66. The molecule has 3 aromatic rings. The normalized spacial score (nSPS) is 16.9. The molecular formula is C23H21B4N3O2. The first kappa shape index (κ1) is 22.5. The van der Waals surface area contributed by atoms with E-state index in [1.54, 1.807) is 17.2 Å². The van der Waals surface area contributed by atoms with Crippen molar-refractivity contribution in [3.8, 4) is 5.75 Å². The van der Waals surface area contributed by atoms with E-state index in [1.807, 2.05) is 48.5 Å². The molecule has 2 aromatic carbocycles. The molecule has 0 bridgehead atoms. The summed E-state index contributed by atoms with van der Waals surface area (Å²) in [5.74, 6) is 0.331. The van der Waals surface area contributed by atoms with Crippen molar-refractivity contribution in [1.82, 2.24) is 15.2 Å². The Labute approximate surface area is 193 Å². The van der Waals surface area contributed by atoms with Crippen molar-refractivity contribution in [1.29, 1.82) is 0 Å². The number of carbonyl (C=O) groups is 1. The maximum absolute atomic E-state index is 12.3. The number of aromatic nitrogens is 1. The lowest BCUT2D eigenvalue weighted by molar-refractivity contribution is -0.123. The van der Waals surface area contributed by atoms with E-state index < -0.39 is 10.7 Å². The molecule has 32 heavy (non-hydrogen) atoms. The maximum atomic E-state index is 12.3. The molecule has 1 aliphatic rings. The predicted octanol–water partition coefficient (Wildman–Crippen LogP) is 1.12. The Balaban J connectivity index is 1.30. The van der Waals surface area contributed by atoms with Crippen molar-refractivity contribution in [2.24, 2.45) is 0 Å². The smallest absolute Gasteiger partial charge is 0.257 e. The minimum Gasteiger partial charge on any atom is -0.481 e. The molecule has 1 amide bonds. The largest absolute Gasteiger partial charge is 0.481 e. The third kappa shape index (κ3) is 4.58. The molecule has 5 nitrogen and oxygen atoms in total. The van der Waals surface area contributed by atoms with E-state index in [2.05, 4.69) is 10.3 Å². The molecule has 0 atom stereocenters. The molecule has 8 radical (unpaired) electrons. The fourth-order valence-corrected chi connectivity index (χ4v) is 4.20. The highest BCUT2D eigenvalue weighted by atomic mass is 16.5. The molecular weight excluding hydrogens is 394 g/mol. The lowest BCUT2D eigenvalue weighted by atomic mass is 9.45. The van der Waals surface area contributed by atoms with Crippen LogP contribution in [0.2, 0.25) is 0 Å². The number of pyridine rings is 1. The molecule has 0 spiro atoms. The van der Waals surface area contributed by atoms with Crippen LogP contribution in [0.5, 0.6) is 5.75 Å². The summed E-state index contributed by atoms with van der Waals surface area (Å²) in [5.41, 5.74) is 2.46. The number of hydrogen-bond acceptors (Lipinski definition) is 4. The molecule has 1 aliphatic heterocycles. The highest BCUT2D eigenvalue weighted by Gasteiger charge is 2.41. The van der Waals surface area contributed by atoms with E-state index in [4.69, 9.17) is 36.1 Å². The quantitative estimate of drug-likeness (QED) is 0.465. The monoisotopic (exact) mass is 415 g/mol. The molecule has 0 saturated carbocycles. The van der Waals surface area contributed by atoms with Crippen LogP contribution in [0, 0.1) is 0 Å². The van der Waals surface area contributed by atoms with Crippen LogP contribution in [0.1, 0.15) is 17.5 Å². The van der Waals surface area contributed by atoms with Crippen molar-refractivity contribution in [3.63, 3.8) is 0 Å². The van der Waals surface area contributed by atoms with Crippen molar-refractivity contribution < 1.29 is 9.53 Å². The van der Waals surface area contributed by atoms with Gasteiger partial charge in [0.1, 0.15) is 11.3 Å². The average Bonchev–Trinajstić information content (AvgIpc) is 2.76. The fourth-order valence-electron chi connectivity index (χ4n) is 4.20. The number of nitrogens with one attached hydrogen (secondary N) is 1. The minimum atomic E-state index is -1.30. The van der Waals surface area contributed by atoms with Gasteiger partial charge in [-0.05, 0) is 48.0 Å². The van der Waals surface area contributed by atoms with Gasteiger partial charge in [0.05, 0.1) is 31.4 Å². The topological polar surface area (TPSA) is 54.5 Å². The van der Waals surface area contributed by atoms with E-state index in [-0.39, 0.29) is 12.5 Å². The second-order valence-electron chi connectivity index (χ2n) is 8.13. The molecule has 4 rings (SSSR count). The average molecular weight is 415 g/mol. The summed E-state index contributed by atoms with van der Waals surface area (Å²) in [6.45, 7) is 0.714. The lowest BCUT2D eigenvalue weighted by Crippen LogP contribution is -2.65. The molecule has 0 saturated heterocycles. The zero-order valence-corrected chi connectivity index (χ0v) is 17.8. The second-order valence-corrected chi connectivity index (χ2v) is 8.13. The van der Waals surface area contributed by atoms with Crippen LogP contribution in [0.4, 0.5) is 0 Å². The van der Waals surface area contributed by atoms with E-state index in [9.17, 15) is 4.79 Å². The maximum Gasteiger partial charge on any atom is 0.257 e. The zero-order chi connectivity index (χ0) is 22.8. The molecule has 2 heterocycles. The number of para-hydroxylation sites is 1. The summed E-state index contributed by atoms with van der Waals surface area (Å²) in [7, 11) is 25.6. The predicted molar refractivity (Wildman–Crippen MR) is 129 cm³/mol. The van der Waals surface area contributed by atoms with Crippen LogP contribution in [0.25, 0.3) is 10.9 Å². The van der Waals surface area contributed by atoms with Crippen LogP contribution < -0.4 is 10.1 Å². The van der Waals surface area contributed by atoms with E-state index in [1.165, 1.54) is 0 Å². The summed E-state index contributed by atoms with van der Waals surface area (Å²) in [6.07, 6.45) is 2.69. The molecule has 0 fully saturated rings. The Kier molecular flexibility index (Phi) is 6.38. The van der Waals surface area contributed by atoms with Crippen molar-refractivity contribution in [2.45, 2.75) is 23.5 Å². The van der Waals surface area contributed by atoms with Gasteiger partial charge in [0.25, 0.3) is 5.91 Å². The minimum absolute atomic E-state index is 0.109. The Morgan fingerprint density at radius 2 is 1.84 bits per heavy atom. The Bertz CT molecular complexity index is 1120. The number of carbonyl (C=O) groups excluding carboxylic acids is 1. The third-order valence-corrected chi connectivity index (χ3v) is 5.71. The van der Waals surface area contributed by atoms with Gasteiger partial charge in [-0.1, -0.05) is 47.8 Å². The fraction of sp³-hybridized carbons (Fsp3) is 0.304. The van der Waals surface area contributed by atoms with Crippen molar-refractivity contribution >= 4 is 48.2 Å². The second kappa shape index (κ2) is 9.07. The first-order chi connectivity index (χ1) is 15.3. The van der Waals surface area contributed by atoms with Gasteiger partial charge in [-0.2, -0.15) is 0 Å². The number of nitrogens with zero attached hydrogens (tertiary/aromatic N) is 2. The summed E-state index contributed by atoms with van der Waals surface area (Å²) >= 11 is 0. The molecule has 152 valence electrons. The van der Waals surface area contributed by atoms with Gasteiger partial charge >= 0.3 is 0 Å². The van der Waals surface area contributed by atoms with Crippen LogP contribution in [-0.4, -0.2) is 72.2 Å². The van der Waals surface area contributed by atoms with E-state index in [0.29, 0.717) is 31.7 Å². The number of ether oxygens (including phenoxy) is 1. The van der Waals surface area contributed by atoms with Gasteiger partial charge in [0, 0.05) is 18.1 Å². The van der Waals surface area contributed by atoms with Crippen LogP contribution in [0.15, 0.2) is 60.8 Å². The summed E-state index contributed by atoms with van der Waals surface area (Å²) in [5, 5.41) is 1.30. The van der Waals surface area contributed by atoms with Crippen molar-refractivity contribution in [2.75, 3.05) is 19.7 Å². The highest BCUT2D eigenvalue weighted by molar-refractivity contribution is 6.44. The van der Waals surface area contributed by atoms with Crippen molar-refractivity contribution in [3.05, 3.63) is 71.9 Å². The molecule has 1 N–H and O–H groups in total. The molecule has 0 unspecified atom stereocenters. The van der Waals surface area contributed by atoms with Crippen LogP contribution >= 0.6 is 0 Å². The number of fused-ring (bicyclic) bond motifs is 2. The van der Waals surface area contributed by atoms with Gasteiger partial charge in [-0.25, -0.2) is 0 Å². The number of benzene rings is 2. The van der Waals surface area contributed by atoms with Gasteiger partial charge in [0.15, 0.2) is 6.61 Å². The van der Waals surface area contributed by atoms with Gasteiger partial charge < -0.3 is 15.0 Å². The first-order valence-electron chi connectivity index (χ1n) is 10.5. The molecule has 9 heteroatoms. The molecule has 0 aliphatic carbocycles. The first-order valence-corrected chi connectivity index (χ1v) is 10.5. The summed E-state index contributed by atoms with van der Waals surface area (Å²) in [6, 6.07) is 17.0. The van der Waals surface area contributed by atoms with Crippen LogP contribution in [0.3, 0.4) is 0 Å². The van der Waals surface area contributed by atoms with Gasteiger partial charge in [-0.3, -0.25) is 9.78 Å². The van der Waals surface area contributed by atoms with E-state index >= 15 is 0 Å². The highest BCUT2D eigenvalue weighted by Crippen LogP contribution is 2.36. The SMILES string of the molecule is [B]C1([B])Cc2ccccc2C([B])([B])N1CCCNC(=O)COc1cccc2cccnc12. The van der Waals surface area contributed by atoms with E-state index in [0.717, 1.165) is 22.0 Å². The summed E-state index contributed by atoms with van der Waals surface area (Å²) < 4.78 is 5.67. The molecule has 1 aromatic heterocycles. The zero-order valence-electron chi connectivity index (χ0n) is 17.8. The number of amides is 1. The third-order valence-electron chi connectivity index (χ3n) is 5.71. The lowest BCUT2D eigenvalue weighted by Gasteiger charge is -2.56. The van der Waals surface area contributed by atoms with Gasteiger partial charge in [0.2, 0.25) is 0 Å². The Morgan fingerprint density at radius 1 is 1.06 bits per heavy atom.